The Hall–Kier alpha value is -3.02. The summed E-state index contributed by atoms with van der Waals surface area (Å²) in [5.74, 6) is -0.430. The Labute approximate surface area is 134 Å². The van der Waals surface area contributed by atoms with E-state index in [9.17, 15) is 15.0 Å². The third-order valence-electron chi connectivity index (χ3n) is 3.20. The fourth-order valence-electron chi connectivity index (χ4n) is 2.07. The van der Waals surface area contributed by atoms with E-state index in [1.165, 1.54) is 18.3 Å². The van der Waals surface area contributed by atoms with Crippen LogP contribution < -0.4 is 10.7 Å². The first-order chi connectivity index (χ1) is 11.0. The molecule has 0 fully saturated rings. The predicted octanol–water partition coefficient (Wildman–Crippen LogP) is 2.28. The van der Waals surface area contributed by atoms with E-state index in [2.05, 4.69) is 15.8 Å². The Morgan fingerprint density at radius 1 is 1.22 bits per heavy atom. The molecule has 0 aromatic heterocycles. The standard InChI is InChI=1S/C17H19N3O3/c1-11-4-3-5-13(6-11)18-10-17(23)20-19-9-15-12(2)7-14(21)8-16(15)22/h3-9,18,21-22H,10H2,1-2H3,(H,20,23)/b19-9+. The average molecular weight is 313 g/mol. The van der Waals surface area contributed by atoms with Gasteiger partial charge in [-0.2, -0.15) is 5.10 Å². The van der Waals surface area contributed by atoms with Crippen molar-refractivity contribution in [3.63, 3.8) is 0 Å². The van der Waals surface area contributed by atoms with Gasteiger partial charge in [-0.1, -0.05) is 12.1 Å². The monoisotopic (exact) mass is 313 g/mol. The van der Waals surface area contributed by atoms with Crippen molar-refractivity contribution < 1.29 is 15.0 Å². The van der Waals surface area contributed by atoms with Crippen molar-refractivity contribution in [1.82, 2.24) is 5.43 Å². The number of aromatic hydroxyl groups is 2. The summed E-state index contributed by atoms with van der Waals surface area (Å²) >= 11 is 0. The van der Waals surface area contributed by atoms with Crippen LogP contribution in [0.2, 0.25) is 0 Å². The van der Waals surface area contributed by atoms with Crippen molar-refractivity contribution in [2.45, 2.75) is 13.8 Å². The maximum Gasteiger partial charge on any atom is 0.259 e. The van der Waals surface area contributed by atoms with Crippen molar-refractivity contribution in [1.29, 1.82) is 0 Å². The lowest BCUT2D eigenvalue weighted by atomic mass is 10.1. The fourth-order valence-corrected chi connectivity index (χ4v) is 2.07. The Morgan fingerprint density at radius 2 is 2.00 bits per heavy atom. The molecule has 4 N–H and O–H groups in total. The Bertz CT molecular complexity index is 719. The van der Waals surface area contributed by atoms with Crippen LogP contribution >= 0.6 is 0 Å². The second kappa shape index (κ2) is 7.31. The van der Waals surface area contributed by atoms with Gasteiger partial charge < -0.3 is 15.5 Å². The SMILES string of the molecule is Cc1cccc(NCC(=O)N/N=C/c2c(C)cc(O)cc2O)c1. The number of benzene rings is 2. The maximum absolute atomic E-state index is 11.7. The number of carbonyl (C=O) groups is 1. The molecule has 0 radical (unpaired) electrons. The van der Waals surface area contributed by atoms with Crippen molar-refractivity contribution >= 4 is 17.8 Å². The quantitative estimate of drug-likeness (QED) is 0.503. The summed E-state index contributed by atoms with van der Waals surface area (Å²) in [6.45, 7) is 3.78. The molecule has 0 aliphatic rings. The summed E-state index contributed by atoms with van der Waals surface area (Å²) < 4.78 is 0. The number of phenolic OH excluding ortho intramolecular Hbond substituents is 2. The third-order valence-corrected chi connectivity index (χ3v) is 3.20. The van der Waals surface area contributed by atoms with Crippen LogP contribution in [-0.2, 0) is 4.79 Å². The molecular formula is C17H19N3O3. The van der Waals surface area contributed by atoms with Crippen molar-refractivity contribution in [3.05, 3.63) is 53.1 Å². The molecule has 0 heterocycles. The van der Waals surface area contributed by atoms with Gasteiger partial charge in [-0.05, 0) is 43.2 Å². The number of hydrogen-bond acceptors (Lipinski definition) is 5. The molecule has 2 rings (SSSR count). The maximum atomic E-state index is 11.7. The second-order valence-corrected chi connectivity index (χ2v) is 5.21. The summed E-state index contributed by atoms with van der Waals surface area (Å²) in [5, 5.41) is 25.9. The van der Waals surface area contributed by atoms with Crippen LogP contribution in [0.25, 0.3) is 0 Å². The first-order valence-corrected chi connectivity index (χ1v) is 7.10. The Morgan fingerprint density at radius 3 is 2.70 bits per heavy atom. The molecule has 0 saturated heterocycles. The van der Waals surface area contributed by atoms with Crippen molar-refractivity contribution in [2.75, 3.05) is 11.9 Å². The summed E-state index contributed by atoms with van der Waals surface area (Å²) in [6.07, 6.45) is 1.34. The zero-order valence-electron chi connectivity index (χ0n) is 13.0. The molecule has 0 aliphatic heterocycles. The number of hydrogen-bond donors (Lipinski definition) is 4. The number of carbonyl (C=O) groups excluding carboxylic acids is 1. The van der Waals surface area contributed by atoms with Gasteiger partial charge >= 0.3 is 0 Å². The van der Waals surface area contributed by atoms with Crippen LogP contribution in [-0.4, -0.2) is 28.9 Å². The van der Waals surface area contributed by atoms with Gasteiger partial charge in [0.05, 0.1) is 12.8 Å². The topological polar surface area (TPSA) is 94.0 Å². The molecule has 0 bridgehead atoms. The van der Waals surface area contributed by atoms with Crippen LogP contribution in [0.4, 0.5) is 5.69 Å². The Balaban J connectivity index is 1.89. The number of nitrogens with one attached hydrogen (secondary N) is 2. The van der Waals surface area contributed by atoms with Crippen molar-refractivity contribution in [3.8, 4) is 11.5 Å². The van der Waals surface area contributed by atoms with Crippen molar-refractivity contribution in [2.24, 2.45) is 5.10 Å². The summed E-state index contributed by atoms with van der Waals surface area (Å²) in [5.41, 5.74) is 5.43. The highest BCUT2D eigenvalue weighted by Crippen LogP contribution is 2.24. The summed E-state index contributed by atoms with van der Waals surface area (Å²) in [6, 6.07) is 10.4. The van der Waals surface area contributed by atoms with E-state index < -0.39 is 0 Å². The Kier molecular flexibility index (Phi) is 5.19. The average Bonchev–Trinajstić information content (AvgIpc) is 2.48. The zero-order valence-corrected chi connectivity index (χ0v) is 13.0. The minimum atomic E-state index is -0.307. The van der Waals surface area contributed by atoms with Gasteiger partial charge in [0.2, 0.25) is 0 Å². The molecule has 0 aliphatic carbocycles. The molecule has 120 valence electrons. The zero-order chi connectivity index (χ0) is 16.8. The molecule has 0 unspecified atom stereocenters. The largest absolute Gasteiger partial charge is 0.508 e. The number of rotatable bonds is 5. The van der Waals surface area contributed by atoms with E-state index in [0.29, 0.717) is 11.1 Å². The first kappa shape index (κ1) is 16.4. The van der Waals surface area contributed by atoms with Gasteiger partial charge in [0.15, 0.2) is 0 Å². The van der Waals surface area contributed by atoms with Crippen LogP contribution in [0.1, 0.15) is 16.7 Å². The van der Waals surface area contributed by atoms with Crippen LogP contribution in [0, 0.1) is 13.8 Å². The van der Waals surface area contributed by atoms with Gasteiger partial charge in [-0.3, -0.25) is 4.79 Å². The van der Waals surface area contributed by atoms with Gasteiger partial charge in [-0.15, -0.1) is 0 Å². The highest BCUT2D eigenvalue weighted by atomic mass is 16.3. The summed E-state index contributed by atoms with van der Waals surface area (Å²) in [4.78, 5) is 11.7. The first-order valence-electron chi connectivity index (χ1n) is 7.10. The fraction of sp³-hybridized carbons (Fsp3) is 0.176. The molecular weight excluding hydrogens is 294 g/mol. The number of phenols is 2. The highest BCUT2D eigenvalue weighted by Gasteiger charge is 2.05. The molecule has 0 atom stereocenters. The number of amides is 1. The molecule has 2 aromatic carbocycles. The molecule has 1 amide bonds. The van der Waals surface area contributed by atoms with Crippen LogP contribution in [0.15, 0.2) is 41.5 Å². The molecule has 0 saturated carbocycles. The summed E-state index contributed by atoms with van der Waals surface area (Å²) in [7, 11) is 0. The number of aryl methyl sites for hydroxylation is 2. The van der Waals surface area contributed by atoms with E-state index in [0.717, 1.165) is 11.3 Å². The molecule has 2 aromatic rings. The van der Waals surface area contributed by atoms with Gasteiger partial charge in [0.1, 0.15) is 11.5 Å². The lowest BCUT2D eigenvalue weighted by molar-refractivity contribution is -0.119. The number of anilines is 1. The van der Waals surface area contributed by atoms with Gasteiger partial charge in [-0.25, -0.2) is 5.43 Å². The minimum Gasteiger partial charge on any atom is -0.508 e. The lowest BCUT2D eigenvalue weighted by Gasteiger charge is -2.06. The van der Waals surface area contributed by atoms with E-state index in [4.69, 9.17) is 0 Å². The van der Waals surface area contributed by atoms with E-state index >= 15 is 0 Å². The highest BCUT2D eigenvalue weighted by molar-refractivity contribution is 5.87. The van der Waals surface area contributed by atoms with E-state index in [-0.39, 0.29) is 24.0 Å². The van der Waals surface area contributed by atoms with E-state index in [1.807, 2.05) is 31.2 Å². The van der Waals surface area contributed by atoms with Crippen LogP contribution in [0.5, 0.6) is 11.5 Å². The third kappa shape index (κ3) is 4.74. The van der Waals surface area contributed by atoms with Crippen LogP contribution in [0.3, 0.4) is 0 Å². The second-order valence-electron chi connectivity index (χ2n) is 5.21. The normalized spacial score (nSPS) is 10.7. The van der Waals surface area contributed by atoms with Gasteiger partial charge in [0.25, 0.3) is 5.91 Å². The smallest absolute Gasteiger partial charge is 0.259 e. The predicted molar refractivity (Wildman–Crippen MR) is 89.9 cm³/mol. The molecule has 6 nitrogen and oxygen atoms in total. The van der Waals surface area contributed by atoms with Gasteiger partial charge in [0, 0.05) is 17.3 Å². The molecule has 23 heavy (non-hydrogen) atoms. The van der Waals surface area contributed by atoms with E-state index in [1.54, 1.807) is 6.92 Å². The lowest BCUT2D eigenvalue weighted by Crippen LogP contribution is -2.25. The number of nitrogens with zero attached hydrogens (tertiary/aromatic N) is 1. The molecule has 6 heteroatoms. The molecule has 0 spiro atoms. The number of hydrazone groups is 1. The minimum absolute atomic E-state index is 0.0245.